The second kappa shape index (κ2) is 11.0. The van der Waals surface area contributed by atoms with Crippen molar-refractivity contribution < 1.29 is 23.3 Å². The van der Waals surface area contributed by atoms with Crippen LogP contribution in [0.25, 0.3) is 0 Å². The van der Waals surface area contributed by atoms with Crippen LogP contribution < -0.4 is 15.4 Å². The zero-order valence-electron chi connectivity index (χ0n) is 17.0. The van der Waals surface area contributed by atoms with E-state index in [-0.39, 0.29) is 29.5 Å². The van der Waals surface area contributed by atoms with Crippen molar-refractivity contribution in [3.8, 4) is 5.75 Å². The van der Waals surface area contributed by atoms with Crippen LogP contribution in [0, 0.1) is 5.82 Å². The van der Waals surface area contributed by atoms with Gasteiger partial charge in [0, 0.05) is 22.2 Å². The summed E-state index contributed by atoms with van der Waals surface area (Å²) in [5, 5.41) is 5.52. The number of halogens is 1. The highest BCUT2D eigenvalue weighted by atomic mass is 32.2. The van der Waals surface area contributed by atoms with Crippen LogP contribution >= 0.6 is 24.7 Å². The minimum atomic E-state index is -0.293. The van der Waals surface area contributed by atoms with E-state index in [1.165, 1.54) is 23.9 Å². The number of amides is 2. The van der Waals surface area contributed by atoms with Crippen molar-refractivity contribution in [3.05, 3.63) is 83.7 Å². The predicted octanol–water partition coefficient (Wildman–Crippen LogP) is 5.48. The lowest BCUT2D eigenvalue weighted by atomic mass is 10.1. The molecule has 3 N–H and O–H groups in total. The highest BCUT2D eigenvalue weighted by Crippen LogP contribution is 2.36. The number of thioether (sulfide) groups is 1. The van der Waals surface area contributed by atoms with E-state index in [0.717, 1.165) is 10.5 Å². The van der Waals surface area contributed by atoms with Crippen molar-refractivity contribution in [2.24, 2.45) is 0 Å². The van der Waals surface area contributed by atoms with E-state index >= 15 is 0 Å². The van der Waals surface area contributed by atoms with Crippen molar-refractivity contribution >= 4 is 47.9 Å². The van der Waals surface area contributed by atoms with E-state index in [2.05, 4.69) is 23.5 Å². The number of rotatable bonds is 5. The van der Waals surface area contributed by atoms with Gasteiger partial charge in [0.15, 0.2) is 0 Å². The summed E-state index contributed by atoms with van der Waals surface area (Å²) in [5.74, 6) is -0.0686. The number of thiol groups is 1. The third-order valence-electron chi connectivity index (χ3n) is 4.58. The Labute approximate surface area is 194 Å². The van der Waals surface area contributed by atoms with E-state index in [1.54, 1.807) is 48.5 Å². The molecule has 32 heavy (non-hydrogen) atoms. The molecule has 0 bridgehead atoms. The highest BCUT2D eigenvalue weighted by Gasteiger charge is 2.23. The van der Waals surface area contributed by atoms with Gasteiger partial charge >= 0.3 is 0 Å². The molecule has 3 aromatic carbocycles. The largest absolute Gasteiger partial charge is 0.489 e. The van der Waals surface area contributed by atoms with Crippen molar-refractivity contribution in [1.82, 2.24) is 0 Å². The van der Waals surface area contributed by atoms with Crippen LogP contribution in [-0.4, -0.2) is 21.6 Å². The van der Waals surface area contributed by atoms with Crippen molar-refractivity contribution in [1.29, 1.82) is 0 Å². The molecule has 0 aromatic heterocycles. The van der Waals surface area contributed by atoms with Crippen LogP contribution in [-0.2, 0) is 11.4 Å². The Hall–Kier alpha value is -3.01. The SMILES string of the molecule is CC1Sc2ccc(C(=O)Nc3cccc(OCc4ccc(F)cc4)c3)cc2NC1=O.OS. The lowest BCUT2D eigenvalue weighted by Crippen LogP contribution is -2.26. The van der Waals surface area contributed by atoms with Crippen LogP contribution in [0.3, 0.4) is 0 Å². The quantitative estimate of drug-likeness (QED) is 0.292. The number of anilines is 2. The van der Waals surface area contributed by atoms with Gasteiger partial charge in [-0.25, -0.2) is 4.39 Å². The lowest BCUT2D eigenvalue weighted by Gasteiger charge is -2.21. The summed E-state index contributed by atoms with van der Waals surface area (Å²) in [5.41, 5.74) is 2.52. The summed E-state index contributed by atoms with van der Waals surface area (Å²) >= 11 is 4.00. The average molecular weight is 473 g/mol. The first-order valence-electron chi connectivity index (χ1n) is 9.58. The van der Waals surface area contributed by atoms with Crippen LogP contribution in [0.2, 0.25) is 0 Å². The molecule has 9 heteroatoms. The summed E-state index contributed by atoms with van der Waals surface area (Å²) in [6.45, 7) is 2.13. The topological polar surface area (TPSA) is 87.7 Å². The van der Waals surface area contributed by atoms with Gasteiger partial charge in [-0.3, -0.25) is 9.59 Å². The normalized spacial score (nSPS) is 14.4. The van der Waals surface area contributed by atoms with Crippen LogP contribution in [0.4, 0.5) is 15.8 Å². The second-order valence-electron chi connectivity index (χ2n) is 6.86. The summed E-state index contributed by atoms with van der Waals surface area (Å²) < 4.78 is 25.4. The Kier molecular flexibility index (Phi) is 8.15. The van der Waals surface area contributed by atoms with E-state index in [4.69, 9.17) is 9.29 Å². The Morgan fingerprint density at radius 3 is 2.66 bits per heavy atom. The predicted molar refractivity (Wildman–Crippen MR) is 127 cm³/mol. The number of carbonyl (C=O) groups is 2. The molecule has 2 amide bonds. The molecule has 0 saturated heterocycles. The first-order chi connectivity index (χ1) is 15.5. The van der Waals surface area contributed by atoms with Crippen LogP contribution in [0.15, 0.2) is 71.6 Å². The van der Waals surface area contributed by atoms with E-state index in [1.807, 2.05) is 13.0 Å². The van der Waals surface area contributed by atoms with Crippen molar-refractivity contribution in [2.45, 2.75) is 23.7 Å². The minimum Gasteiger partial charge on any atom is -0.489 e. The van der Waals surface area contributed by atoms with E-state index in [9.17, 15) is 14.0 Å². The number of carbonyl (C=O) groups excluding carboxylic acids is 2. The minimum absolute atomic E-state index is 0.0731. The van der Waals surface area contributed by atoms with Gasteiger partial charge in [0.1, 0.15) is 18.2 Å². The molecule has 1 heterocycles. The highest BCUT2D eigenvalue weighted by molar-refractivity contribution is 8.00. The first kappa shape index (κ1) is 23.6. The molecule has 0 aliphatic carbocycles. The molecule has 0 radical (unpaired) electrons. The summed E-state index contributed by atoms with van der Waals surface area (Å²) in [6.07, 6.45) is 0. The molecule has 3 aromatic rings. The molecule has 1 unspecified atom stereocenters. The Morgan fingerprint density at radius 1 is 1.16 bits per heavy atom. The Bertz CT molecular complexity index is 1110. The number of hydrogen-bond acceptors (Lipinski definition) is 6. The van der Waals surface area contributed by atoms with Gasteiger partial charge in [-0.1, -0.05) is 18.2 Å². The molecule has 0 saturated carbocycles. The Balaban J connectivity index is 0.00000141. The van der Waals surface area contributed by atoms with Gasteiger partial charge in [0.2, 0.25) is 5.91 Å². The van der Waals surface area contributed by atoms with Gasteiger partial charge < -0.3 is 19.9 Å². The van der Waals surface area contributed by atoms with Crippen molar-refractivity contribution in [2.75, 3.05) is 10.6 Å². The third kappa shape index (κ3) is 6.03. The summed E-state index contributed by atoms with van der Waals surface area (Å²) in [6, 6.07) is 18.4. The fourth-order valence-electron chi connectivity index (χ4n) is 2.96. The first-order valence-corrected chi connectivity index (χ1v) is 10.9. The monoisotopic (exact) mass is 472 g/mol. The average Bonchev–Trinajstić information content (AvgIpc) is 2.81. The van der Waals surface area contributed by atoms with Crippen LogP contribution in [0.5, 0.6) is 5.75 Å². The molecule has 4 rings (SSSR count). The fourth-order valence-corrected chi connectivity index (χ4v) is 3.89. The summed E-state index contributed by atoms with van der Waals surface area (Å²) in [4.78, 5) is 25.5. The zero-order valence-corrected chi connectivity index (χ0v) is 18.8. The molecule has 0 fully saturated rings. The van der Waals surface area contributed by atoms with E-state index in [0.29, 0.717) is 22.7 Å². The van der Waals surface area contributed by atoms with Gasteiger partial charge in [0.25, 0.3) is 5.91 Å². The molecular weight excluding hydrogens is 451 g/mol. The number of fused-ring (bicyclic) bond motifs is 1. The van der Waals surface area contributed by atoms with Gasteiger partial charge in [0.05, 0.1) is 10.9 Å². The molecular formula is C23H21FN2O4S2. The molecule has 0 spiro atoms. The smallest absolute Gasteiger partial charge is 0.255 e. The second-order valence-corrected chi connectivity index (χ2v) is 8.24. The number of hydrogen-bond donors (Lipinski definition) is 4. The molecule has 6 nitrogen and oxygen atoms in total. The van der Waals surface area contributed by atoms with E-state index < -0.39 is 0 Å². The molecule has 1 aliphatic rings. The molecule has 1 atom stereocenters. The summed E-state index contributed by atoms with van der Waals surface area (Å²) in [7, 11) is 0. The molecule has 166 valence electrons. The van der Waals surface area contributed by atoms with Crippen LogP contribution in [0.1, 0.15) is 22.8 Å². The number of ether oxygens (including phenoxy) is 1. The Morgan fingerprint density at radius 2 is 1.91 bits per heavy atom. The zero-order chi connectivity index (χ0) is 23.1. The van der Waals surface area contributed by atoms with Gasteiger partial charge in [-0.2, -0.15) is 0 Å². The van der Waals surface area contributed by atoms with Crippen molar-refractivity contribution in [3.63, 3.8) is 0 Å². The maximum Gasteiger partial charge on any atom is 0.255 e. The van der Waals surface area contributed by atoms with Gasteiger partial charge in [-0.05, 0) is 67.9 Å². The lowest BCUT2D eigenvalue weighted by molar-refractivity contribution is -0.115. The fraction of sp³-hybridized carbons (Fsp3) is 0.130. The maximum atomic E-state index is 13.0. The number of benzene rings is 3. The third-order valence-corrected chi connectivity index (χ3v) is 5.76. The standard InChI is InChI=1S/C23H19FN2O3S.H2OS/c1-14-22(27)26-20-11-16(7-10-21(20)30-14)23(28)25-18-3-2-4-19(12-18)29-13-15-5-8-17(24)9-6-15;1-2/h2-12,14H,13H2,1H3,(H,25,28)(H,26,27);1-2H. The van der Waals surface area contributed by atoms with Gasteiger partial charge in [-0.15, -0.1) is 11.8 Å². The molecule has 1 aliphatic heterocycles. The maximum absolute atomic E-state index is 13.0. The number of nitrogens with one attached hydrogen (secondary N) is 2.